The lowest BCUT2D eigenvalue weighted by Crippen LogP contribution is -2.08. The number of aliphatic hydroxyl groups excluding tert-OH is 1. The first-order valence-corrected chi connectivity index (χ1v) is 11.9. The molecule has 4 aromatic rings. The van der Waals surface area contributed by atoms with E-state index in [1.165, 1.54) is 6.08 Å². The van der Waals surface area contributed by atoms with E-state index in [0.29, 0.717) is 13.1 Å². The summed E-state index contributed by atoms with van der Waals surface area (Å²) in [4.78, 5) is 21.8. The van der Waals surface area contributed by atoms with Crippen LogP contribution in [0.4, 0.5) is 5.69 Å². The second-order valence-corrected chi connectivity index (χ2v) is 7.63. The van der Waals surface area contributed by atoms with Gasteiger partial charge in [-0.3, -0.25) is 9.59 Å². The molecule has 0 aliphatic carbocycles. The maximum atomic E-state index is 12.1. The average molecular weight is 484 g/mol. The quantitative estimate of drug-likeness (QED) is 0.227. The van der Waals surface area contributed by atoms with Crippen LogP contribution in [0.2, 0.25) is 0 Å². The third-order valence-electron chi connectivity index (χ3n) is 5.10. The molecule has 0 bridgehead atoms. The number of hydrogen-bond acceptors (Lipinski definition) is 4. The van der Waals surface area contributed by atoms with E-state index in [1.54, 1.807) is 6.08 Å². The fourth-order valence-electron chi connectivity index (χ4n) is 3.28. The smallest absolute Gasteiger partial charge is 0.293 e. The van der Waals surface area contributed by atoms with Crippen molar-refractivity contribution in [2.45, 2.75) is 34.0 Å². The highest BCUT2D eigenvalue weighted by molar-refractivity contribution is 6.02. The molecule has 5 nitrogen and oxygen atoms in total. The second-order valence-electron chi connectivity index (χ2n) is 7.63. The zero-order chi connectivity index (χ0) is 26.2. The van der Waals surface area contributed by atoms with Gasteiger partial charge in [0, 0.05) is 11.8 Å². The van der Waals surface area contributed by atoms with Gasteiger partial charge in [-0.05, 0) is 64.2 Å². The van der Waals surface area contributed by atoms with Crippen molar-refractivity contribution in [1.82, 2.24) is 0 Å². The molecule has 2 N–H and O–H groups in total. The van der Waals surface area contributed by atoms with E-state index in [9.17, 15) is 14.7 Å². The second kappa shape index (κ2) is 15.6. The van der Waals surface area contributed by atoms with Gasteiger partial charge >= 0.3 is 0 Å². The monoisotopic (exact) mass is 483 g/mol. The van der Waals surface area contributed by atoms with Gasteiger partial charge in [0.05, 0.1) is 6.61 Å². The van der Waals surface area contributed by atoms with Gasteiger partial charge in [-0.2, -0.15) is 0 Å². The number of amides is 1. The molecule has 0 saturated carbocycles. The molecule has 0 atom stereocenters. The summed E-state index contributed by atoms with van der Waals surface area (Å²) >= 11 is 0. The number of para-hydroxylation sites is 1. The van der Waals surface area contributed by atoms with Crippen LogP contribution < -0.4 is 5.32 Å². The van der Waals surface area contributed by atoms with Crippen LogP contribution in [-0.4, -0.2) is 17.5 Å². The Labute approximate surface area is 213 Å². The van der Waals surface area contributed by atoms with Crippen molar-refractivity contribution in [2.75, 3.05) is 5.32 Å². The zero-order valence-electron chi connectivity index (χ0n) is 21.0. The van der Waals surface area contributed by atoms with Gasteiger partial charge in [-0.15, -0.1) is 0 Å². The normalized spacial score (nSPS) is 10.0. The highest BCUT2D eigenvalue weighted by Gasteiger charge is 2.01. The predicted octanol–water partition coefficient (Wildman–Crippen LogP) is 6.68. The van der Waals surface area contributed by atoms with Crippen molar-refractivity contribution in [1.29, 1.82) is 0 Å². The Balaban J connectivity index is 0.000000318. The zero-order valence-corrected chi connectivity index (χ0v) is 21.0. The Kier molecular flexibility index (Phi) is 12.2. The van der Waals surface area contributed by atoms with Crippen molar-refractivity contribution < 1.29 is 19.4 Å². The third kappa shape index (κ3) is 9.20. The number of ether oxygens (including phenoxy) is 1. The summed E-state index contributed by atoms with van der Waals surface area (Å²) in [6, 6.07) is 29.1. The Hall–Kier alpha value is -4.22. The van der Waals surface area contributed by atoms with Gasteiger partial charge in [-0.1, -0.05) is 86.6 Å². The minimum atomic E-state index is -0.153. The van der Waals surface area contributed by atoms with E-state index in [0.717, 1.165) is 38.7 Å². The molecular formula is C31H33NO4. The Bertz CT molecular complexity index is 1270. The molecule has 0 fully saturated rings. The minimum Gasteiger partial charge on any atom is -0.463 e. The summed E-state index contributed by atoms with van der Waals surface area (Å²) in [5, 5.41) is 14.2. The van der Waals surface area contributed by atoms with E-state index in [1.807, 2.05) is 112 Å². The number of anilines is 1. The maximum absolute atomic E-state index is 12.1. The fourth-order valence-corrected chi connectivity index (χ4v) is 3.28. The maximum Gasteiger partial charge on any atom is 0.293 e. The molecule has 36 heavy (non-hydrogen) atoms. The number of aryl methyl sites for hydroxylation is 1. The molecular weight excluding hydrogens is 450 g/mol. The van der Waals surface area contributed by atoms with Crippen LogP contribution in [0.1, 0.15) is 36.1 Å². The molecule has 0 heterocycles. The van der Waals surface area contributed by atoms with Gasteiger partial charge in [0.15, 0.2) is 0 Å². The Morgan fingerprint density at radius 1 is 0.861 bits per heavy atom. The van der Waals surface area contributed by atoms with Gasteiger partial charge < -0.3 is 15.2 Å². The number of hydrogen-bond donors (Lipinski definition) is 2. The van der Waals surface area contributed by atoms with E-state index < -0.39 is 0 Å². The lowest BCUT2D eigenvalue weighted by atomic mass is 10.0. The van der Waals surface area contributed by atoms with Crippen LogP contribution in [0.3, 0.4) is 0 Å². The summed E-state index contributed by atoms with van der Waals surface area (Å²) in [6.07, 6.45) is 3.34. The van der Waals surface area contributed by atoms with Crippen LogP contribution >= 0.6 is 0 Å². The number of carbonyl (C=O) groups is 2. The van der Waals surface area contributed by atoms with Gasteiger partial charge in [-0.25, -0.2) is 0 Å². The van der Waals surface area contributed by atoms with E-state index in [2.05, 4.69) is 10.1 Å². The minimum absolute atomic E-state index is 0.0384. The van der Waals surface area contributed by atoms with Gasteiger partial charge in [0.2, 0.25) is 5.91 Å². The summed E-state index contributed by atoms with van der Waals surface area (Å²) < 4.78 is 4.54. The third-order valence-corrected chi connectivity index (χ3v) is 5.10. The topological polar surface area (TPSA) is 75.6 Å². The lowest BCUT2D eigenvalue weighted by Gasteiger charge is -2.05. The average Bonchev–Trinajstić information content (AvgIpc) is 2.93. The highest BCUT2D eigenvalue weighted by Crippen LogP contribution is 2.19. The SMILES string of the molecule is CC.Cc1ccccc1NC(=O)/C=C/c1ccc2cc(CO)ccc2c1.O=COCc1ccccc1. The van der Waals surface area contributed by atoms with E-state index in [4.69, 9.17) is 0 Å². The van der Waals surface area contributed by atoms with Crippen molar-refractivity contribution in [3.8, 4) is 0 Å². The first-order valence-electron chi connectivity index (χ1n) is 11.9. The van der Waals surface area contributed by atoms with Crippen LogP contribution in [0.15, 0.2) is 97.1 Å². The van der Waals surface area contributed by atoms with Crippen LogP contribution in [-0.2, 0) is 27.5 Å². The number of rotatable bonds is 7. The van der Waals surface area contributed by atoms with Gasteiger partial charge in [0.25, 0.3) is 6.47 Å². The molecule has 4 rings (SSSR count). The molecule has 4 aromatic carbocycles. The largest absolute Gasteiger partial charge is 0.463 e. The number of carbonyl (C=O) groups excluding carboxylic acids is 2. The molecule has 0 aliphatic rings. The van der Waals surface area contributed by atoms with E-state index >= 15 is 0 Å². The van der Waals surface area contributed by atoms with Crippen molar-refractivity contribution >= 4 is 34.9 Å². The summed E-state index contributed by atoms with van der Waals surface area (Å²) in [5.74, 6) is -0.153. The summed E-state index contributed by atoms with van der Waals surface area (Å²) in [7, 11) is 0. The first-order chi connectivity index (χ1) is 17.6. The Morgan fingerprint density at radius 2 is 1.53 bits per heavy atom. The Morgan fingerprint density at radius 3 is 2.22 bits per heavy atom. The molecule has 0 radical (unpaired) electrons. The molecule has 0 aliphatic heterocycles. The van der Waals surface area contributed by atoms with Crippen molar-refractivity contribution in [3.63, 3.8) is 0 Å². The number of aliphatic hydroxyl groups is 1. The van der Waals surface area contributed by atoms with Gasteiger partial charge in [0.1, 0.15) is 6.61 Å². The predicted molar refractivity (Wildman–Crippen MR) is 147 cm³/mol. The molecule has 5 heteroatoms. The molecule has 1 amide bonds. The van der Waals surface area contributed by atoms with Crippen molar-refractivity contribution in [2.24, 2.45) is 0 Å². The van der Waals surface area contributed by atoms with Crippen LogP contribution in [0, 0.1) is 6.92 Å². The molecule has 0 aromatic heterocycles. The lowest BCUT2D eigenvalue weighted by molar-refractivity contribution is -0.129. The number of fused-ring (bicyclic) bond motifs is 1. The van der Waals surface area contributed by atoms with Crippen LogP contribution in [0.25, 0.3) is 16.8 Å². The van der Waals surface area contributed by atoms with E-state index in [-0.39, 0.29) is 12.5 Å². The highest BCUT2D eigenvalue weighted by atomic mass is 16.5. The van der Waals surface area contributed by atoms with Crippen molar-refractivity contribution in [3.05, 3.63) is 119 Å². The van der Waals surface area contributed by atoms with Crippen LogP contribution in [0.5, 0.6) is 0 Å². The summed E-state index contributed by atoms with van der Waals surface area (Å²) in [5.41, 5.74) is 4.71. The molecule has 186 valence electrons. The number of benzene rings is 4. The summed E-state index contributed by atoms with van der Waals surface area (Å²) in [6.45, 7) is 6.82. The molecule has 0 unspecified atom stereocenters. The molecule has 0 saturated heterocycles. The first kappa shape index (κ1) is 28.0. The number of nitrogens with one attached hydrogen (secondary N) is 1. The fraction of sp³-hybridized carbons (Fsp3) is 0.161. The standard InChI is InChI=1S/C21H19NO2.C8H8O2.C2H6/c1-15-4-2-3-5-20(15)22-21(24)11-8-16-6-9-19-13-17(14-23)7-10-18(19)12-16;9-7-10-6-8-4-2-1-3-5-8;1-2/h2-13,23H,14H2,1H3,(H,22,24);1-5,7H,6H2;1-2H3/b11-8+;;. The molecule has 0 spiro atoms.